The number of hydrogen-bond acceptors (Lipinski definition) is 4. The number of hydrogen-bond donors (Lipinski definition) is 1. The molecular weight excluding hydrogens is 290 g/mol. The van der Waals surface area contributed by atoms with Crippen LogP contribution in [0, 0.1) is 17.2 Å². The van der Waals surface area contributed by atoms with E-state index in [1.54, 1.807) is 18.2 Å². The van der Waals surface area contributed by atoms with E-state index in [2.05, 4.69) is 16.3 Å². The molecule has 0 aromatic heterocycles. The Morgan fingerprint density at radius 2 is 2.04 bits per heavy atom. The number of nitrogens with zero attached hydrogens (tertiary/aromatic N) is 2. The Bertz CT molecular complexity index is 626. The standard InChI is InChI=1S/C18H23N3O2/c1-3-8-20-18(23)15-6-9-21(10-7-15)17-11-14(12-19)4-5-16(17)13(2)22/h4-5,11,15H,3,6-10H2,1-2H3,(H,20,23). The monoisotopic (exact) mass is 313 g/mol. The van der Waals surface area contributed by atoms with Gasteiger partial charge in [-0.2, -0.15) is 5.26 Å². The normalized spacial score (nSPS) is 15.1. The molecule has 1 aliphatic rings. The van der Waals surface area contributed by atoms with Crippen molar-refractivity contribution in [1.82, 2.24) is 5.32 Å². The molecule has 1 fully saturated rings. The molecular formula is C18H23N3O2. The van der Waals surface area contributed by atoms with Gasteiger partial charge in [0.05, 0.1) is 11.6 Å². The van der Waals surface area contributed by atoms with Gasteiger partial charge in [-0.05, 0) is 44.4 Å². The minimum Gasteiger partial charge on any atom is -0.371 e. The minimum atomic E-state index is -0.00713. The summed E-state index contributed by atoms with van der Waals surface area (Å²) in [5.41, 5.74) is 2.00. The maximum atomic E-state index is 12.0. The first-order chi connectivity index (χ1) is 11.1. The molecule has 1 amide bonds. The Balaban J connectivity index is 2.09. The van der Waals surface area contributed by atoms with E-state index in [4.69, 9.17) is 5.26 Å². The molecule has 0 bridgehead atoms. The molecule has 23 heavy (non-hydrogen) atoms. The van der Waals surface area contributed by atoms with Gasteiger partial charge in [0.15, 0.2) is 5.78 Å². The summed E-state index contributed by atoms with van der Waals surface area (Å²) < 4.78 is 0. The van der Waals surface area contributed by atoms with Crippen LogP contribution < -0.4 is 10.2 Å². The highest BCUT2D eigenvalue weighted by Gasteiger charge is 2.26. The summed E-state index contributed by atoms with van der Waals surface area (Å²) in [7, 11) is 0. The fourth-order valence-corrected chi connectivity index (χ4v) is 2.94. The number of anilines is 1. The second kappa shape index (κ2) is 7.77. The lowest BCUT2D eigenvalue weighted by Crippen LogP contribution is -2.41. The van der Waals surface area contributed by atoms with Gasteiger partial charge in [-0.25, -0.2) is 0 Å². The topological polar surface area (TPSA) is 73.2 Å². The molecule has 1 saturated heterocycles. The molecule has 2 rings (SSSR count). The molecule has 122 valence electrons. The summed E-state index contributed by atoms with van der Waals surface area (Å²) in [4.78, 5) is 26.0. The number of carbonyl (C=O) groups is 2. The Morgan fingerprint density at radius 3 is 2.61 bits per heavy atom. The summed E-state index contributed by atoms with van der Waals surface area (Å²) >= 11 is 0. The highest BCUT2D eigenvalue weighted by Crippen LogP contribution is 2.28. The lowest BCUT2D eigenvalue weighted by Gasteiger charge is -2.34. The highest BCUT2D eigenvalue weighted by atomic mass is 16.1. The lowest BCUT2D eigenvalue weighted by molar-refractivity contribution is -0.125. The summed E-state index contributed by atoms with van der Waals surface area (Å²) in [6.07, 6.45) is 2.47. The molecule has 1 N–H and O–H groups in total. The van der Waals surface area contributed by atoms with E-state index in [0.29, 0.717) is 11.1 Å². The molecule has 5 nitrogen and oxygen atoms in total. The number of nitrogens with one attached hydrogen (secondary N) is 1. The number of ketones is 1. The van der Waals surface area contributed by atoms with Gasteiger partial charge in [-0.15, -0.1) is 0 Å². The largest absolute Gasteiger partial charge is 0.371 e. The molecule has 1 aliphatic heterocycles. The molecule has 1 aromatic rings. The Labute approximate surface area is 137 Å². The third kappa shape index (κ3) is 4.10. The van der Waals surface area contributed by atoms with Gasteiger partial charge in [0, 0.05) is 36.8 Å². The van der Waals surface area contributed by atoms with Gasteiger partial charge in [0.1, 0.15) is 0 Å². The Kier molecular flexibility index (Phi) is 5.75. The van der Waals surface area contributed by atoms with Gasteiger partial charge in [0.2, 0.25) is 5.91 Å². The van der Waals surface area contributed by atoms with Gasteiger partial charge in [-0.1, -0.05) is 6.92 Å². The van der Waals surface area contributed by atoms with E-state index in [1.807, 2.05) is 6.92 Å². The second-order valence-electron chi connectivity index (χ2n) is 5.95. The third-order valence-corrected chi connectivity index (χ3v) is 4.26. The molecule has 5 heteroatoms. The second-order valence-corrected chi connectivity index (χ2v) is 5.95. The first-order valence-electron chi connectivity index (χ1n) is 8.14. The van der Waals surface area contributed by atoms with E-state index in [9.17, 15) is 9.59 Å². The maximum Gasteiger partial charge on any atom is 0.223 e. The average molecular weight is 313 g/mol. The van der Waals surface area contributed by atoms with E-state index >= 15 is 0 Å². The molecule has 0 spiro atoms. The van der Waals surface area contributed by atoms with Crippen molar-refractivity contribution in [3.8, 4) is 6.07 Å². The predicted octanol–water partition coefficient (Wildman–Crippen LogP) is 2.50. The van der Waals surface area contributed by atoms with Crippen LogP contribution in [0.15, 0.2) is 18.2 Å². The van der Waals surface area contributed by atoms with Crippen molar-refractivity contribution in [1.29, 1.82) is 5.26 Å². The van der Waals surface area contributed by atoms with E-state index in [-0.39, 0.29) is 17.6 Å². The molecule has 0 unspecified atom stereocenters. The van der Waals surface area contributed by atoms with Gasteiger partial charge in [0.25, 0.3) is 0 Å². The van der Waals surface area contributed by atoms with Crippen molar-refractivity contribution in [3.63, 3.8) is 0 Å². The summed E-state index contributed by atoms with van der Waals surface area (Å²) in [6, 6.07) is 7.28. The van der Waals surface area contributed by atoms with Gasteiger partial charge >= 0.3 is 0 Å². The summed E-state index contributed by atoms with van der Waals surface area (Å²) in [6.45, 7) is 5.74. The van der Waals surface area contributed by atoms with Crippen LogP contribution in [-0.2, 0) is 4.79 Å². The highest BCUT2D eigenvalue weighted by molar-refractivity contribution is 6.00. The minimum absolute atomic E-state index is 0.00713. The molecule has 0 atom stereocenters. The number of amides is 1. The zero-order valence-electron chi connectivity index (χ0n) is 13.8. The van der Waals surface area contributed by atoms with Crippen LogP contribution in [0.4, 0.5) is 5.69 Å². The zero-order valence-corrected chi connectivity index (χ0v) is 13.8. The van der Waals surface area contributed by atoms with Gasteiger partial charge < -0.3 is 10.2 Å². The maximum absolute atomic E-state index is 12.0. The number of Topliss-reactive ketones (excluding diaryl/α,β-unsaturated/α-hetero) is 1. The quantitative estimate of drug-likeness (QED) is 0.848. The van der Waals surface area contributed by atoms with E-state index in [1.165, 1.54) is 6.92 Å². The molecule has 1 aromatic carbocycles. The van der Waals surface area contributed by atoms with E-state index in [0.717, 1.165) is 44.6 Å². The van der Waals surface area contributed by atoms with Crippen LogP contribution in [0.25, 0.3) is 0 Å². The molecule has 1 heterocycles. The molecule has 0 radical (unpaired) electrons. The number of nitriles is 1. The van der Waals surface area contributed by atoms with Crippen molar-refractivity contribution >= 4 is 17.4 Å². The number of piperidine rings is 1. The summed E-state index contributed by atoms with van der Waals surface area (Å²) in [5.74, 6) is 0.161. The number of carbonyl (C=O) groups excluding carboxylic acids is 2. The van der Waals surface area contributed by atoms with Crippen molar-refractivity contribution in [3.05, 3.63) is 29.3 Å². The zero-order chi connectivity index (χ0) is 16.8. The number of benzene rings is 1. The molecule has 0 saturated carbocycles. The fourth-order valence-electron chi connectivity index (χ4n) is 2.94. The van der Waals surface area contributed by atoms with E-state index < -0.39 is 0 Å². The van der Waals surface area contributed by atoms with Crippen LogP contribution in [-0.4, -0.2) is 31.3 Å². The summed E-state index contributed by atoms with van der Waals surface area (Å²) in [5, 5.41) is 12.0. The van der Waals surface area contributed by atoms with Crippen LogP contribution in [0.1, 0.15) is 49.0 Å². The van der Waals surface area contributed by atoms with Crippen molar-refractivity contribution < 1.29 is 9.59 Å². The number of rotatable bonds is 5. The third-order valence-electron chi connectivity index (χ3n) is 4.26. The van der Waals surface area contributed by atoms with Gasteiger partial charge in [-0.3, -0.25) is 9.59 Å². The fraction of sp³-hybridized carbons (Fsp3) is 0.500. The van der Waals surface area contributed by atoms with Crippen molar-refractivity contribution in [2.24, 2.45) is 5.92 Å². The van der Waals surface area contributed by atoms with Crippen LogP contribution in [0.5, 0.6) is 0 Å². The van der Waals surface area contributed by atoms with Crippen LogP contribution in [0.2, 0.25) is 0 Å². The predicted molar refractivity (Wildman–Crippen MR) is 89.4 cm³/mol. The molecule has 0 aliphatic carbocycles. The Hall–Kier alpha value is -2.35. The Morgan fingerprint density at radius 1 is 1.35 bits per heavy atom. The van der Waals surface area contributed by atoms with Crippen LogP contribution >= 0.6 is 0 Å². The lowest BCUT2D eigenvalue weighted by atomic mass is 9.94. The first kappa shape index (κ1) is 17.0. The SMILES string of the molecule is CCCNC(=O)C1CCN(c2cc(C#N)ccc2C(C)=O)CC1. The van der Waals surface area contributed by atoms with Crippen molar-refractivity contribution in [2.75, 3.05) is 24.5 Å². The first-order valence-corrected chi connectivity index (χ1v) is 8.14. The smallest absolute Gasteiger partial charge is 0.223 e. The average Bonchev–Trinajstić information content (AvgIpc) is 2.59. The van der Waals surface area contributed by atoms with Crippen molar-refractivity contribution in [2.45, 2.75) is 33.1 Å². The van der Waals surface area contributed by atoms with Crippen LogP contribution in [0.3, 0.4) is 0 Å².